The SMILES string of the molecule is Cc1ccc2c3ccc(C)c4c3n(c2c1)c1cc(F)cc2cc[n+](C)c4c21. The van der Waals surface area contributed by atoms with Gasteiger partial charge in [0.05, 0.1) is 27.3 Å². The Hall–Kier alpha value is -3.20. The molecule has 0 saturated carbocycles. The van der Waals surface area contributed by atoms with Crippen LogP contribution in [0.1, 0.15) is 11.1 Å². The van der Waals surface area contributed by atoms with Crippen LogP contribution in [0.4, 0.5) is 4.39 Å². The first-order valence-electron chi connectivity index (χ1n) is 9.21. The third-order valence-electron chi connectivity index (χ3n) is 5.95. The van der Waals surface area contributed by atoms with E-state index >= 15 is 0 Å². The predicted octanol–water partition coefficient (Wildman–Crippen LogP) is 5.57. The summed E-state index contributed by atoms with van der Waals surface area (Å²) < 4.78 is 19.0. The van der Waals surface area contributed by atoms with Crippen LogP contribution in [-0.4, -0.2) is 4.40 Å². The normalized spacial score (nSPS) is 12.4. The molecule has 6 rings (SSSR count). The van der Waals surface area contributed by atoms with Gasteiger partial charge >= 0.3 is 0 Å². The maximum Gasteiger partial charge on any atom is 0.224 e. The molecule has 0 aliphatic carbocycles. The molecule has 3 heterocycles. The summed E-state index contributed by atoms with van der Waals surface area (Å²) >= 11 is 0. The Morgan fingerprint density at radius 2 is 1.67 bits per heavy atom. The number of fused-ring (bicyclic) bond motifs is 5. The van der Waals surface area contributed by atoms with Gasteiger partial charge in [0, 0.05) is 16.8 Å². The first kappa shape index (κ1) is 14.9. The van der Waals surface area contributed by atoms with Gasteiger partial charge in [-0.3, -0.25) is 0 Å². The summed E-state index contributed by atoms with van der Waals surface area (Å²) in [7, 11) is 2.07. The topological polar surface area (TPSA) is 8.29 Å². The van der Waals surface area contributed by atoms with E-state index in [1.165, 1.54) is 32.8 Å². The van der Waals surface area contributed by atoms with Crippen LogP contribution < -0.4 is 4.57 Å². The van der Waals surface area contributed by atoms with E-state index in [4.69, 9.17) is 0 Å². The van der Waals surface area contributed by atoms with Crippen molar-refractivity contribution in [3.05, 3.63) is 71.7 Å². The molecule has 0 fully saturated rings. The zero-order valence-corrected chi connectivity index (χ0v) is 15.5. The van der Waals surface area contributed by atoms with Crippen LogP contribution in [0.25, 0.3) is 49.0 Å². The summed E-state index contributed by atoms with van der Waals surface area (Å²) in [6.45, 7) is 4.27. The van der Waals surface area contributed by atoms with Gasteiger partial charge in [-0.1, -0.05) is 24.3 Å². The molecular formula is C24H18FN2+. The second kappa shape index (κ2) is 4.74. The summed E-state index contributed by atoms with van der Waals surface area (Å²) in [5.74, 6) is -0.198. The molecule has 0 atom stereocenters. The number of hydrogen-bond acceptors (Lipinski definition) is 0. The number of hydrogen-bond donors (Lipinski definition) is 0. The average molecular weight is 353 g/mol. The van der Waals surface area contributed by atoms with E-state index in [1.807, 2.05) is 12.3 Å². The summed E-state index contributed by atoms with van der Waals surface area (Å²) in [5, 5.41) is 5.73. The minimum absolute atomic E-state index is 0.198. The van der Waals surface area contributed by atoms with Crippen LogP contribution in [-0.2, 0) is 7.05 Å². The molecule has 6 aromatic rings. The quantitative estimate of drug-likeness (QED) is 0.192. The minimum Gasteiger partial charge on any atom is -0.307 e. The Bertz CT molecular complexity index is 1560. The smallest absolute Gasteiger partial charge is 0.224 e. The zero-order valence-electron chi connectivity index (χ0n) is 15.5. The summed E-state index contributed by atoms with van der Waals surface area (Å²) in [4.78, 5) is 0. The van der Waals surface area contributed by atoms with E-state index in [1.54, 1.807) is 12.1 Å². The third-order valence-corrected chi connectivity index (χ3v) is 5.95. The van der Waals surface area contributed by atoms with Gasteiger partial charge in [-0.05, 0) is 48.6 Å². The first-order chi connectivity index (χ1) is 13.0. The van der Waals surface area contributed by atoms with Crippen LogP contribution in [0.3, 0.4) is 0 Å². The molecule has 3 aromatic heterocycles. The monoisotopic (exact) mass is 353 g/mol. The minimum atomic E-state index is -0.198. The fourth-order valence-electron chi connectivity index (χ4n) is 4.79. The average Bonchev–Trinajstić information content (AvgIpc) is 2.96. The Morgan fingerprint density at radius 1 is 0.852 bits per heavy atom. The molecule has 0 N–H and O–H groups in total. The van der Waals surface area contributed by atoms with Crippen LogP contribution in [0.15, 0.2) is 54.7 Å². The fraction of sp³-hybridized carbons (Fsp3) is 0.125. The van der Waals surface area contributed by atoms with Crippen molar-refractivity contribution in [2.75, 3.05) is 0 Å². The van der Waals surface area contributed by atoms with Crippen molar-refractivity contribution in [2.45, 2.75) is 13.8 Å². The van der Waals surface area contributed by atoms with Gasteiger partial charge in [0.15, 0.2) is 6.20 Å². The number of pyridine rings is 2. The van der Waals surface area contributed by atoms with Crippen molar-refractivity contribution in [1.29, 1.82) is 0 Å². The van der Waals surface area contributed by atoms with Crippen LogP contribution in [0, 0.1) is 19.7 Å². The predicted molar refractivity (Wildman–Crippen MR) is 109 cm³/mol. The van der Waals surface area contributed by atoms with Crippen molar-refractivity contribution < 1.29 is 8.96 Å². The molecule has 0 bridgehead atoms. The van der Waals surface area contributed by atoms with Crippen molar-refractivity contribution in [3.63, 3.8) is 0 Å². The highest BCUT2D eigenvalue weighted by atomic mass is 19.1. The van der Waals surface area contributed by atoms with Gasteiger partial charge in [-0.15, -0.1) is 0 Å². The lowest BCUT2D eigenvalue weighted by atomic mass is 10.00. The second-order valence-electron chi connectivity index (χ2n) is 7.67. The number of rotatable bonds is 0. The van der Waals surface area contributed by atoms with Crippen LogP contribution in [0.2, 0.25) is 0 Å². The Balaban J connectivity index is 2.15. The number of aryl methyl sites for hydroxylation is 3. The highest BCUT2D eigenvalue weighted by Gasteiger charge is 2.24. The lowest BCUT2D eigenvalue weighted by Crippen LogP contribution is -2.28. The molecule has 0 unspecified atom stereocenters. The lowest BCUT2D eigenvalue weighted by Gasteiger charge is -2.12. The highest BCUT2D eigenvalue weighted by molar-refractivity contribution is 6.25. The number of aromatic nitrogens is 2. The molecule has 0 radical (unpaired) electrons. The van der Waals surface area contributed by atoms with Gasteiger partial charge in [-0.25, -0.2) is 8.96 Å². The van der Waals surface area contributed by atoms with Crippen molar-refractivity contribution >= 4 is 49.0 Å². The molecule has 0 aliphatic rings. The number of nitrogens with zero attached hydrogens (tertiary/aromatic N) is 2. The van der Waals surface area contributed by atoms with Gasteiger partial charge < -0.3 is 4.40 Å². The van der Waals surface area contributed by atoms with Gasteiger partial charge in [0.25, 0.3) is 0 Å². The Labute approximate surface area is 155 Å². The molecule has 0 aliphatic heterocycles. The van der Waals surface area contributed by atoms with Crippen LogP contribution in [0.5, 0.6) is 0 Å². The van der Waals surface area contributed by atoms with Gasteiger partial charge in [-0.2, -0.15) is 0 Å². The maximum absolute atomic E-state index is 14.5. The van der Waals surface area contributed by atoms with Crippen molar-refractivity contribution in [3.8, 4) is 0 Å². The van der Waals surface area contributed by atoms with Crippen molar-refractivity contribution in [1.82, 2.24) is 4.40 Å². The molecule has 0 amide bonds. The lowest BCUT2D eigenvalue weighted by molar-refractivity contribution is -0.643. The largest absolute Gasteiger partial charge is 0.307 e. The fourth-order valence-corrected chi connectivity index (χ4v) is 4.79. The summed E-state index contributed by atoms with van der Waals surface area (Å²) in [6.07, 6.45) is 2.03. The van der Waals surface area contributed by atoms with E-state index in [-0.39, 0.29) is 5.82 Å². The van der Waals surface area contributed by atoms with Crippen LogP contribution >= 0.6 is 0 Å². The molecule has 3 heteroatoms. The van der Waals surface area contributed by atoms with E-state index < -0.39 is 0 Å². The standard InChI is InChI=1S/C24H18FN2/c1-13-4-6-17-18-7-5-14(2)21-23(18)27(19(17)10-13)20-12-16(25)11-15-8-9-26(3)24(21)22(15)20/h4-12H,1-3H3/q+1. The molecule has 0 saturated heterocycles. The van der Waals surface area contributed by atoms with E-state index in [2.05, 4.69) is 60.2 Å². The number of halogens is 1. The van der Waals surface area contributed by atoms with Crippen molar-refractivity contribution in [2.24, 2.45) is 7.05 Å². The molecule has 0 spiro atoms. The molecular weight excluding hydrogens is 335 g/mol. The Morgan fingerprint density at radius 3 is 2.52 bits per heavy atom. The first-order valence-corrected chi connectivity index (χ1v) is 9.21. The Kier molecular flexibility index (Phi) is 2.62. The van der Waals surface area contributed by atoms with Gasteiger partial charge in [0.1, 0.15) is 12.9 Å². The molecule has 2 nitrogen and oxygen atoms in total. The third kappa shape index (κ3) is 1.72. The summed E-state index contributed by atoms with van der Waals surface area (Å²) in [5.41, 5.74) is 6.86. The molecule has 27 heavy (non-hydrogen) atoms. The molecule has 3 aromatic carbocycles. The van der Waals surface area contributed by atoms with Gasteiger partial charge in [0.2, 0.25) is 5.52 Å². The number of benzene rings is 3. The van der Waals surface area contributed by atoms with E-state index in [0.717, 1.165) is 27.3 Å². The zero-order chi connectivity index (χ0) is 18.4. The molecule has 130 valence electrons. The maximum atomic E-state index is 14.5. The second-order valence-corrected chi connectivity index (χ2v) is 7.67. The van der Waals surface area contributed by atoms with E-state index in [9.17, 15) is 4.39 Å². The van der Waals surface area contributed by atoms with E-state index in [0.29, 0.717) is 0 Å². The summed E-state index contributed by atoms with van der Waals surface area (Å²) in [6, 6.07) is 16.3. The highest BCUT2D eigenvalue weighted by Crippen LogP contribution is 2.40.